The van der Waals surface area contributed by atoms with Crippen molar-refractivity contribution < 1.29 is 4.79 Å². The average Bonchev–Trinajstić information content (AvgIpc) is 2.40. The Kier molecular flexibility index (Phi) is 3.52. The number of H-pyrrole nitrogens is 1. The first-order chi connectivity index (χ1) is 8.68. The molecule has 2 aromatic heterocycles. The highest BCUT2D eigenvalue weighted by atomic mass is 16.2. The lowest BCUT2D eigenvalue weighted by Gasteiger charge is -2.12. The van der Waals surface area contributed by atoms with E-state index in [4.69, 9.17) is 0 Å². The third-order valence-corrected chi connectivity index (χ3v) is 2.55. The van der Waals surface area contributed by atoms with Gasteiger partial charge in [0.25, 0.3) is 5.91 Å². The Hall–Kier alpha value is -2.43. The maximum atomic E-state index is 11.9. The van der Waals surface area contributed by atoms with Gasteiger partial charge in [0.15, 0.2) is 5.43 Å². The van der Waals surface area contributed by atoms with Crippen LogP contribution in [0.1, 0.15) is 29.0 Å². The Labute approximate surface area is 104 Å². The van der Waals surface area contributed by atoms with E-state index in [1.807, 2.05) is 19.1 Å². The Morgan fingerprint density at radius 2 is 2.22 bits per heavy atom. The molecule has 0 fully saturated rings. The van der Waals surface area contributed by atoms with Crippen LogP contribution >= 0.6 is 0 Å². The molecular weight excluding hydrogens is 230 g/mol. The van der Waals surface area contributed by atoms with Gasteiger partial charge in [-0.15, -0.1) is 0 Å². The van der Waals surface area contributed by atoms with Crippen molar-refractivity contribution in [3.05, 3.63) is 64.3 Å². The van der Waals surface area contributed by atoms with Crippen LogP contribution in [0.2, 0.25) is 0 Å². The topological polar surface area (TPSA) is 74.8 Å². The summed E-state index contributed by atoms with van der Waals surface area (Å²) in [6.07, 6.45) is 4.54. The minimum atomic E-state index is -0.407. The van der Waals surface area contributed by atoms with Gasteiger partial charge in [-0.2, -0.15) is 0 Å². The molecular formula is C13H13N3O2. The lowest BCUT2D eigenvalue weighted by Crippen LogP contribution is -2.31. The molecule has 0 radical (unpaired) electrons. The average molecular weight is 243 g/mol. The molecule has 0 aliphatic rings. The molecule has 0 bridgehead atoms. The van der Waals surface area contributed by atoms with E-state index in [1.165, 1.54) is 18.5 Å². The third-order valence-electron chi connectivity index (χ3n) is 2.55. The molecule has 18 heavy (non-hydrogen) atoms. The van der Waals surface area contributed by atoms with Crippen LogP contribution in [0.5, 0.6) is 0 Å². The zero-order chi connectivity index (χ0) is 13.0. The van der Waals surface area contributed by atoms with Crippen molar-refractivity contribution >= 4 is 5.91 Å². The van der Waals surface area contributed by atoms with E-state index < -0.39 is 5.91 Å². The number of aromatic nitrogens is 2. The summed E-state index contributed by atoms with van der Waals surface area (Å²) in [5, 5.41) is 2.73. The number of hydrogen-bond acceptors (Lipinski definition) is 3. The summed E-state index contributed by atoms with van der Waals surface area (Å²) in [5.74, 6) is -0.407. The number of carbonyl (C=O) groups is 1. The van der Waals surface area contributed by atoms with Crippen molar-refractivity contribution in [2.45, 2.75) is 13.0 Å². The maximum absolute atomic E-state index is 11.9. The van der Waals surface area contributed by atoms with Gasteiger partial charge in [-0.3, -0.25) is 14.6 Å². The van der Waals surface area contributed by atoms with Crippen LogP contribution in [0.25, 0.3) is 0 Å². The molecule has 0 aliphatic heterocycles. The lowest BCUT2D eigenvalue weighted by molar-refractivity contribution is 0.0937. The minimum absolute atomic E-state index is 0.0975. The van der Waals surface area contributed by atoms with Crippen molar-refractivity contribution in [3.63, 3.8) is 0 Å². The first-order valence-electron chi connectivity index (χ1n) is 5.57. The molecule has 0 aliphatic carbocycles. The van der Waals surface area contributed by atoms with Crippen LogP contribution in [0.15, 0.2) is 47.7 Å². The van der Waals surface area contributed by atoms with Crippen molar-refractivity contribution in [2.24, 2.45) is 0 Å². The zero-order valence-corrected chi connectivity index (χ0v) is 9.88. The van der Waals surface area contributed by atoms with Crippen LogP contribution in [-0.2, 0) is 0 Å². The number of nitrogens with one attached hydrogen (secondary N) is 2. The quantitative estimate of drug-likeness (QED) is 0.852. The summed E-state index contributed by atoms with van der Waals surface area (Å²) < 4.78 is 0. The molecule has 92 valence electrons. The third kappa shape index (κ3) is 2.63. The fourth-order valence-electron chi connectivity index (χ4n) is 1.57. The Morgan fingerprint density at radius 1 is 1.39 bits per heavy atom. The van der Waals surface area contributed by atoms with E-state index in [1.54, 1.807) is 12.3 Å². The van der Waals surface area contributed by atoms with Crippen molar-refractivity contribution in [1.82, 2.24) is 15.3 Å². The number of amides is 1. The normalized spacial score (nSPS) is 11.8. The van der Waals surface area contributed by atoms with Crippen LogP contribution in [-0.4, -0.2) is 15.9 Å². The second-order valence-electron chi connectivity index (χ2n) is 3.87. The fourth-order valence-corrected chi connectivity index (χ4v) is 1.57. The predicted octanol–water partition coefficient (Wildman–Crippen LogP) is 1.26. The van der Waals surface area contributed by atoms with Crippen LogP contribution in [0.3, 0.4) is 0 Å². The van der Waals surface area contributed by atoms with Crippen molar-refractivity contribution in [3.8, 4) is 0 Å². The molecule has 2 heterocycles. The number of rotatable bonds is 3. The van der Waals surface area contributed by atoms with E-state index in [9.17, 15) is 9.59 Å². The first kappa shape index (κ1) is 12.0. The van der Waals surface area contributed by atoms with Gasteiger partial charge in [-0.1, -0.05) is 6.07 Å². The number of aromatic amines is 1. The summed E-state index contributed by atoms with van der Waals surface area (Å²) in [4.78, 5) is 30.2. The predicted molar refractivity (Wildman–Crippen MR) is 67.2 cm³/mol. The molecule has 2 N–H and O–H groups in total. The second-order valence-corrected chi connectivity index (χ2v) is 3.87. The maximum Gasteiger partial charge on any atom is 0.257 e. The van der Waals surface area contributed by atoms with E-state index in [2.05, 4.69) is 15.3 Å². The summed E-state index contributed by atoms with van der Waals surface area (Å²) >= 11 is 0. The van der Waals surface area contributed by atoms with Gasteiger partial charge in [0.1, 0.15) is 5.56 Å². The highest BCUT2D eigenvalue weighted by Gasteiger charge is 2.14. The number of nitrogens with zero attached hydrogens (tertiary/aromatic N) is 1. The van der Waals surface area contributed by atoms with E-state index in [0.29, 0.717) is 0 Å². The molecule has 5 nitrogen and oxygen atoms in total. The van der Waals surface area contributed by atoms with Gasteiger partial charge in [0, 0.05) is 24.7 Å². The highest BCUT2D eigenvalue weighted by Crippen LogP contribution is 2.08. The second kappa shape index (κ2) is 5.27. The summed E-state index contributed by atoms with van der Waals surface area (Å²) in [7, 11) is 0. The van der Waals surface area contributed by atoms with Crippen LogP contribution < -0.4 is 10.7 Å². The van der Waals surface area contributed by atoms with E-state index in [0.717, 1.165) is 5.69 Å². The number of carbonyl (C=O) groups excluding carboxylic acids is 1. The largest absolute Gasteiger partial charge is 0.367 e. The molecule has 2 rings (SSSR count). The Bertz CT molecular complexity index is 592. The molecule has 0 aromatic carbocycles. The molecule has 5 heteroatoms. The molecule has 0 spiro atoms. The van der Waals surface area contributed by atoms with Crippen LogP contribution in [0.4, 0.5) is 0 Å². The molecule has 0 saturated carbocycles. The van der Waals surface area contributed by atoms with Gasteiger partial charge in [0.2, 0.25) is 0 Å². The van der Waals surface area contributed by atoms with E-state index in [-0.39, 0.29) is 17.0 Å². The monoisotopic (exact) mass is 243 g/mol. The minimum Gasteiger partial charge on any atom is -0.367 e. The molecule has 1 atom stereocenters. The van der Waals surface area contributed by atoms with Gasteiger partial charge in [-0.25, -0.2) is 0 Å². The summed E-state index contributed by atoms with van der Waals surface area (Å²) in [6, 6.07) is 6.54. The van der Waals surface area contributed by atoms with Crippen molar-refractivity contribution in [2.75, 3.05) is 0 Å². The zero-order valence-electron chi connectivity index (χ0n) is 9.88. The van der Waals surface area contributed by atoms with Gasteiger partial charge < -0.3 is 10.3 Å². The van der Waals surface area contributed by atoms with E-state index >= 15 is 0 Å². The molecule has 1 unspecified atom stereocenters. The molecule has 2 aromatic rings. The smallest absolute Gasteiger partial charge is 0.257 e. The number of hydrogen-bond donors (Lipinski definition) is 2. The lowest BCUT2D eigenvalue weighted by atomic mass is 10.2. The van der Waals surface area contributed by atoms with Crippen molar-refractivity contribution in [1.29, 1.82) is 0 Å². The van der Waals surface area contributed by atoms with Gasteiger partial charge in [-0.05, 0) is 19.1 Å². The SMILES string of the molecule is CC(NC(=O)c1c[nH]ccc1=O)c1ccccn1. The highest BCUT2D eigenvalue weighted by molar-refractivity contribution is 5.93. The summed E-state index contributed by atoms with van der Waals surface area (Å²) in [5.41, 5.74) is 0.540. The Morgan fingerprint density at radius 3 is 2.89 bits per heavy atom. The fraction of sp³-hybridized carbons (Fsp3) is 0.154. The standard InChI is InChI=1S/C13H13N3O2/c1-9(11-4-2-3-6-15-11)16-13(18)10-8-14-7-5-12(10)17/h2-9H,1H3,(H,14,17)(H,16,18). The van der Waals surface area contributed by atoms with Gasteiger partial charge in [0.05, 0.1) is 11.7 Å². The number of pyridine rings is 2. The summed E-state index contributed by atoms with van der Waals surface area (Å²) in [6.45, 7) is 1.82. The first-order valence-corrected chi connectivity index (χ1v) is 5.57. The van der Waals surface area contributed by atoms with Crippen LogP contribution in [0, 0.1) is 0 Å². The van der Waals surface area contributed by atoms with Gasteiger partial charge >= 0.3 is 0 Å². The molecule has 0 saturated heterocycles. The Balaban J connectivity index is 2.14. The molecule has 1 amide bonds.